The van der Waals surface area contributed by atoms with E-state index in [1.165, 1.54) is 30.2 Å². The summed E-state index contributed by atoms with van der Waals surface area (Å²) in [6, 6.07) is 4.07. The zero-order chi connectivity index (χ0) is 14.9. The summed E-state index contributed by atoms with van der Waals surface area (Å²) >= 11 is 2.10. The van der Waals surface area contributed by atoms with Gasteiger partial charge >= 0.3 is 0 Å². The molecule has 4 heteroatoms. The van der Waals surface area contributed by atoms with E-state index < -0.39 is 0 Å². The van der Waals surface area contributed by atoms with Gasteiger partial charge in [0.15, 0.2) is 5.65 Å². The van der Waals surface area contributed by atoms with Crippen molar-refractivity contribution in [1.29, 1.82) is 0 Å². The molecular weight excluding hydrogens is 278 g/mol. The van der Waals surface area contributed by atoms with Gasteiger partial charge in [-0.1, -0.05) is 20.8 Å². The van der Waals surface area contributed by atoms with E-state index in [9.17, 15) is 0 Å². The van der Waals surface area contributed by atoms with Crippen molar-refractivity contribution in [2.45, 2.75) is 46.6 Å². The highest BCUT2D eigenvalue weighted by molar-refractivity contribution is 7.99. The van der Waals surface area contributed by atoms with Crippen molar-refractivity contribution < 1.29 is 0 Å². The Hall–Kier alpha value is -1.03. The van der Waals surface area contributed by atoms with Crippen LogP contribution in [0.3, 0.4) is 0 Å². The fourth-order valence-electron chi connectivity index (χ4n) is 3.03. The van der Waals surface area contributed by atoms with Crippen molar-refractivity contribution in [2.24, 2.45) is 11.3 Å². The standard InChI is InChI=1S/C17H25N3S/c1-17(2,3)12-20-15(10-13-6-5-9-21-11-13)19-14-7-4-8-18-16(14)20/h4,7-8,13H,5-6,9-12H2,1-3H3. The lowest BCUT2D eigenvalue weighted by atomic mass is 9.96. The Morgan fingerprint density at radius 1 is 1.38 bits per heavy atom. The molecule has 0 aliphatic carbocycles. The first-order chi connectivity index (χ1) is 10.0. The Labute approximate surface area is 131 Å². The predicted octanol–water partition coefficient (Wildman–Crippen LogP) is 4.16. The number of hydrogen-bond acceptors (Lipinski definition) is 3. The molecule has 0 bridgehead atoms. The molecule has 0 spiro atoms. The monoisotopic (exact) mass is 303 g/mol. The highest BCUT2D eigenvalue weighted by Crippen LogP contribution is 2.28. The zero-order valence-electron chi connectivity index (χ0n) is 13.3. The van der Waals surface area contributed by atoms with Gasteiger partial charge in [0.25, 0.3) is 0 Å². The summed E-state index contributed by atoms with van der Waals surface area (Å²) in [5, 5.41) is 0. The molecule has 1 aliphatic heterocycles. The van der Waals surface area contributed by atoms with Gasteiger partial charge in [-0.25, -0.2) is 9.97 Å². The summed E-state index contributed by atoms with van der Waals surface area (Å²) < 4.78 is 2.36. The molecule has 1 saturated heterocycles. The Bertz CT molecular complexity index is 606. The maximum Gasteiger partial charge on any atom is 0.160 e. The minimum Gasteiger partial charge on any atom is -0.312 e. The second kappa shape index (κ2) is 5.99. The second-order valence-electron chi connectivity index (χ2n) is 7.31. The van der Waals surface area contributed by atoms with Crippen molar-refractivity contribution in [1.82, 2.24) is 14.5 Å². The molecule has 3 nitrogen and oxygen atoms in total. The summed E-state index contributed by atoms with van der Waals surface area (Å²) in [4.78, 5) is 9.46. The summed E-state index contributed by atoms with van der Waals surface area (Å²) in [6.07, 6.45) is 5.68. The minimum atomic E-state index is 0.237. The summed E-state index contributed by atoms with van der Waals surface area (Å²) in [5.41, 5.74) is 2.33. The van der Waals surface area contributed by atoms with Gasteiger partial charge in [0.1, 0.15) is 11.3 Å². The van der Waals surface area contributed by atoms with Gasteiger partial charge in [-0.2, -0.15) is 11.8 Å². The number of rotatable bonds is 3. The number of aromatic nitrogens is 3. The molecule has 1 fully saturated rings. The van der Waals surface area contributed by atoms with Gasteiger partial charge in [-0.3, -0.25) is 0 Å². The second-order valence-corrected chi connectivity index (χ2v) is 8.46. The topological polar surface area (TPSA) is 30.7 Å². The lowest BCUT2D eigenvalue weighted by Gasteiger charge is -2.24. The molecular formula is C17H25N3S. The summed E-state index contributed by atoms with van der Waals surface area (Å²) in [5.74, 6) is 4.62. The average molecular weight is 303 g/mol. The first kappa shape index (κ1) is 14.9. The van der Waals surface area contributed by atoms with E-state index in [-0.39, 0.29) is 5.41 Å². The van der Waals surface area contributed by atoms with Crippen LogP contribution in [0.4, 0.5) is 0 Å². The number of fused-ring (bicyclic) bond motifs is 1. The van der Waals surface area contributed by atoms with Crippen molar-refractivity contribution in [3.05, 3.63) is 24.2 Å². The van der Waals surface area contributed by atoms with E-state index in [1.807, 2.05) is 12.3 Å². The fraction of sp³-hybridized carbons (Fsp3) is 0.647. The van der Waals surface area contributed by atoms with Crippen molar-refractivity contribution >= 4 is 22.9 Å². The Balaban J connectivity index is 1.93. The number of imidazole rings is 1. The first-order valence-electron chi connectivity index (χ1n) is 7.91. The van der Waals surface area contributed by atoms with E-state index in [0.717, 1.165) is 30.0 Å². The van der Waals surface area contributed by atoms with Gasteiger partial charge in [0, 0.05) is 19.2 Å². The predicted molar refractivity (Wildman–Crippen MR) is 90.7 cm³/mol. The van der Waals surface area contributed by atoms with Crippen LogP contribution in [0.1, 0.15) is 39.4 Å². The third-order valence-electron chi connectivity index (χ3n) is 3.94. The summed E-state index contributed by atoms with van der Waals surface area (Å²) in [7, 11) is 0. The molecule has 0 radical (unpaired) electrons. The van der Waals surface area contributed by atoms with Gasteiger partial charge in [0.05, 0.1) is 0 Å². The molecule has 0 saturated carbocycles. The maximum atomic E-state index is 4.88. The number of hydrogen-bond donors (Lipinski definition) is 0. The van der Waals surface area contributed by atoms with E-state index >= 15 is 0 Å². The van der Waals surface area contributed by atoms with Crippen LogP contribution in [0.2, 0.25) is 0 Å². The SMILES string of the molecule is CC(C)(C)Cn1c(CC2CCCSC2)nc2cccnc21. The van der Waals surface area contributed by atoms with Crippen LogP contribution in [0.5, 0.6) is 0 Å². The molecule has 1 atom stereocenters. The first-order valence-corrected chi connectivity index (χ1v) is 9.06. The van der Waals surface area contributed by atoms with E-state index in [2.05, 4.69) is 48.2 Å². The molecule has 3 rings (SSSR count). The zero-order valence-corrected chi connectivity index (χ0v) is 14.1. The lowest BCUT2D eigenvalue weighted by Crippen LogP contribution is -2.21. The molecule has 114 valence electrons. The van der Waals surface area contributed by atoms with Gasteiger partial charge < -0.3 is 4.57 Å². The normalized spacial score (nSPS) is 20.0. The minimum absolute atomic E-state index is 0.237. The molecule has 0 N–H and O–H groups in total. The van der Waals surface area contributed by atoms with Crippen LogP contribution in [0.15, 0.2) is 18.3 Å². The van der Waals surface area contributed by atoms with Gasteiger partial charge in [0.2, 0.25) is 0 Å². The van der Waals surface area contributed by atoms with Crippen LogP contribution >= 0.6 is 11.8 Å². The third kappa shape index (κ3) is 3.60. The van der Waals surface area contributed by atoms with Crippen molar-refractivity contribution in [3.8, 4) is 0 Å². The Morgan fingerprint density at radius 3 is 2.95 bits per heavy atom. The quantitative estimate of drug-likeness (QED) is 0.853. The number of nitrogens with zero attached hydrogens (tertiary/aromatic N) is 3. The van der Waals surface area contributed by atoms with Crippen LogP contribution < -0.4 is 0 Å². The van der Waals surface area contributed by atoms with Crippen LogP contribution in [0, 0.1) is 11.3 Å². The smallest absolute Gasteiger partial charge is 0.160 e. The molecule has 1 aliphatic rings. The highest BCUT2D eigenvalue weighted by atomic mass is 32.2. The molecule has 1 unspecified atom stereocenters. The lowest BCUT2D eigenvalue weighted by molar-refractivity contribution is 0.338. The van der Waals surface area contributed by atoms with Gasteiger partial charge in [-0.05, 0) is 47.8 Å². The van der Waals surface area contributed by atoms with E-state index in [4.69, 9.17) is 4.98 Å². The Kier molecular flexibility index (Phi) is 4.25. The molecule has 2 aromatic rings. The van der Waals surface area contributed by atoms with Gasteiger partial charge in [-0.15, -0.1) is 0 Å². The average Bonchev–Trinajstić information content (AvgIpc) is 2.76. The third-order valence-corrected chi connectivity index (χ3v) is 5.23. The highest BCUT2D eigenvalue weighted by Gasteiger charge is 2.22. The van der Waals surface area contributed by atoms with Crippen molar-refractivity contribution in [3.63, 3.8) is 0 Å². The molecule has 21 heavy (non-hydrogen) atoms. The van der Waals surface area contributed by atoms with E-state index in [0.29, 0.717) is 0 Å². The molecule has 2 aromatic heterocycles. The van der Waals surface area contributed by atoms with Crippen molar-refractivity contribution in [2.75, 3.05) is 11.5 Å². The largest absolute Gasteiger partial charge is 0.312 e. The van der Waals surface area contributed by atoms with Crippen LogP contribution in [-0.2, 0) is 13.0 Å². The molecule has 0 aromatic carbocycles. The van der Waals surface area contributed by atoms with Crippen LogP contribution in [-0.4, -0.2) is 26.0 Å². The maximum absolute atomic E-state index is 4.88. The molecule has 0 amide bonds. The summed E-state index contributed by atoms with van der Waals surface area (Å²) in [6.45, 7) is 7.82. The van der Waals surface area contributed by atoms with Crippen LogP contribution in [0.25, 0.3) is 11.2 Å². The Morgan fingerprint density at radius 2 is 2.24 bits per heavy atom. The molecule has 3 heterocycles. The number of thioether (sulfide) groups is 1. The fourth-order valence-corrected chi connectivity index (χ4v) is 4.18. The van der Waals surface area contributed by atoms with E-state index in [1.54, 1.807) is 0 Å². The number of pyridine rings is 1.